The van der Waals surface area contributed by atoms with E-state index in [1.165, 1.54) is 0 Å². The van der Waals surface area contributed by atoms with Crippen molar-refractivity contribution >= 4 is 49.4 Å². The predicted molar refractivity (Wildman–Crippen MR) is 90.1 cm³/mol. The van der Waals surface area contributed by atoms with E-state index in [1.54, 1.807) is 4.90 Å². The minimum absolute atomic E-state index is 0.0831. The third-order valence-electron chi connectivity index (χ3n) is 3.46. The first-order valence-electron chi connectivity index (χ1n) is 7.09. The topological polar surface area (TPSA) is 49.4 Å². The lowest BCUT2D eigenvalue weighted by Crippen LogP contribution is -2.39. The van der Waals surface area contributed by atoms with Crippen LogP contribution < -0.4 is 5.32 Å². The van der Waals surface area contributed by atoms with Gasteiger partial charge in [-0.25, -0.2) is 0 Å². The molecule has 0 spiro atoms. The van der Waals surface area contributed by atoms with Crippen LogP contribution in [0.1, 0.15) is 32.1 Å². The van der Waals surface area contributed by atoms with Crippen LogP contribution in [-0.4, -0.2) is 29.8 Å². The first kappa shape index (κ1) is 16.5. The van der Waals surface area contributed by atoms with Gasteiger partial charge in [-0.05, 0) is 47.0 Å². The summed E-state index contributed by atoms with van der Waals surface area (Å²) in [5.74, 6) is -0.0772. The number of hydrogen-bond donors (Lipinski definition) is 1. The Hall–Kier alpha value is -0.880. The third kappa shape index (κ3) is 5.11. The molecule has 1 aromatic rings. The van der Waals surface area contributed by atoms with E-state index in [4.69, 9.17) is 0 Å². The fourth-order valence-electron chi connectivity index (χ4n) is 2.34. The normalized spacial score (nSPS) is 16.3. The summed E-state index contributed by atoms with van der Waals surface area (Å²) in [5, 5.41) is 2.84. The van der Waals surface area contributed by atoms with Crippen molar-refractivity contribution in [3.8, 4) is 0 Å². The van der Waals surface area contributed by atoms with E-state index in [0.717, 1.165) is 34.6 Å². The third-order valence-corrected chi connectivity index (χ3v) is 4.61. The summed E-state index contributed by atoms with van der Waals surface area (Å²) >= 11 is 6.78. The zero-order chi connectivity index (χ0) is 15.2. The van der Waals surface area contributed by atoms with Crippen LogP contribution in [0.5, 0.6) is 0 Å². The molecule has 1 heterocycles. The molecule has 1 aromatic carbocycles. The second kappa shape index (κ2) is 7.94. The van der Waals surface area contributed by atoms with E-state index in [-0.39, 0.29) is 18.4 Å². The molecule has 4 nitrogen and oxygen atoms in total. The molecule has 6 heteroatoms. The van der Waals surface area contributed by atoms with E-state index in [2.05, 4.69) is 37.2 Å². The molecule has 2 rings (SSSR count). The molecule has 0 unspecified atom stereocenters. The number of rotatable bonds is 3. The van der Waals surface area contributed by atoms with Crippen LogP contribution in [0.25, 0.3) is 0 Å². The molecular weight excluding hydrogens is 400 g/mol. The highest BCUT2D eigenvalue weighted by Gasteiger charge is 2.18. The summed E-state index contributed by atoms with van der Waals surface area (Å²) in [6.45, 7) is 0.801. The van der Waals surface area contributed by atoms with E-state index < -0.39 is 0 Å². The first-order valence-corrected chi connectivity index (χ1v) is 8.67. The van der Waals surface area contributed by atoms with Crippen LogP contribution in [0, 0.1) is 0 Å². The zero-order valence-corrected chi connectivity index (χ0v) is 14.9. The van der Waals surface area contributed by atoms with Gasteiger partial charge in [-0.3, -0.25) is 9.59 Å². The minimum atomic E-state index is -0.160. The summed E-state index contributed by atoms with van der Waals surface area (Å²) in [5.41, 5.74) is 0.711. The molecule has 1 aliphatic heterocycles. The molecule has 1 fully saturated rings. The monoisotopic (exact) mass is 416 g/mol. The Bertz CT molecular complexity index is 534. The molecule has 0 saturated carbocycles. The quantitative estimate of drug-likeness (QED) is 0.809. The Kier molecular flexibility index (Phi) is 6.23. The number of nitrogens with zero attached hydrogens (tertiary/aromatic N) is 1. The number of carbonyl (C=O) groups is 2. The molecule has 0 radical (unpaired) electrons. The van der Waals surface area contributed by atoms with Gasteiger partial charge in [0, 0.05) is 21.9 Å². The molecule has 0 aromatic heterocycles. The number of hydrogen-bond acceptors (Lipinski definition) is 2. The lowest BCUT2D eigenvalue weighted by Gasteiger charge is -2.24. The number of benzene rings is 1. The van der Waals surface area contributed by atoms with Gasteiger partial charge in [0.05, 0.1) is 12.2 Å². The molecule has 0 atom stereocenters. The SMILES string of the molecule is O=C(CN1CCCCCCC1=O)Nc1ccc(Br)cc1Br. The Labute approximate surface area is 141 Å². The highest BCUT2D eigenvalue weighted by Crippen LogP contribution is 2.26. The molecule has 0 aliphatic carbocycles. The molecule has 0 bridgehead atoms. The van der Waals surface area contributed by atoms with Gasteiger partial charge in [0.25, 0.3) is 0 Å². The Balaban J connectivity index is 1.95. The summed E-state index contributed by atoms with van der Waals surface area (Å²) in [6.07, 6.45) is 4.69. The highest BCUT2D eigenvalue weighted by molar-refractivity contribution is 9.11. The lowest BCUT2D eigenvalue weighted by atomic mass is 10.1. The predicted octanol–water partition coefficient (Wildman–Crippen LogP) is 3.94. The van der Waals surface area contributed by atoms with Crippen molar-refractivity contribution in [3.63, 3.8) is 0 Å². The second-order valence-corrected chi connectivity index (χ2v) is 6.92. The fourth-order valence-corrected chi connectivity index (χ4v) is 3.48. The molecule has 1 aliphatic rings. The molecule has 21 heavy (non-hydrogen) atoms. The number of nitrogens with one attached hydrogen (secondary N) is 1. The van der Waals surface area contributed by atoms with Gasteiger partial charge >= 0.3 is 0 Å². The van der Waals surface area contributed by atoms with Crippen molar-refractivity contribution < 1.29 is 9.59 Å². The van der Waals surface area contributed by atoms with E-state index in [9.17, 15) is 9.59 Å². The number of anilines is 1. The average Bonchev–Trinajstić information content (AvgIpc) is 2.42. The largest absolute Gasteiger partial charge is 0.333 e. The van der Waals surface area contributed by atoms with Crippen LogP contribution in [0.3, 0.4) is 0 Å². The van der Waals surface area contributed by atoms with Gasteiger partial charge in [-0.2, -0.15) is 0 Å². The average molecular weight is 418 g/mol. The van der Waals surface area contributed by atoms with Gasteiger partial charge in [0.1, 0.15) is 0 Å². The maximum Gasteiger partial charge on any atom is 0.244 e. The van der Waals surface area contributed by atoms with E-state index in [1.807, 2.05) is 18.2 Å². The van der Waals surface area contributed by atoms with Crippen LogP contribution >= 0.6 is 31.9 Å². The van der Waals surface area contributed by atoms with Gasteiger partial charge in [0.2, 0.25) is 11.8 Å². The Morgan fingerprint density at radius 3 is 2.71 bits per heavy atom. The molecule has 1 saturated heterocycles. The van der Waals surface area contributed by atoms with Crippen molar-refractivity contribution in [1.29, 1.82) is 0 Å². The summed E-state index contributed by atoms with van der Waals surface area (Å²) < 4.78 is 1.75. The zero-order valence-electron chi connectivity index (χ0n) is 11.7. The Morgan fingerprint density at radius 2 is 1.95 bits per heavy atom. The van der Waals surface area contributed by atoms with E-state index in [0.29, 0.717) is 18.7 Å². The maximum absolute atomic E-state index is 12.1. The van der Waals surface area contributed by atoms with Gasteiger partial charge in [-0.1, -0.05) is 28.8 Å². The van der Waals surface area contributed by atoms with Crippen molar-refractivity contribution in [2.24, 2.45) is 0 Å². The highest BCUT2D eigenvalue weighted by atomic mass is 79.9. The summed E-state index contributed by atoms with van der Waals surface area (Å²) in [6, 6.07) is 5.56. The summed E-state index contributed by atoms with van der Waals surface area (Å²) in [7, 11) is 0. The number of carbonyl (C=O) groups excluding carboxylic acids is 2. The van der Waals surface area contributed by atoms with Gasteiger partial charge in [0.15, 0.2) is 0 Å². The summed E-state index contributed by atoms with van der Waals surface area (Å²) in [4.78, 5) is 25.8. The Morgan fingerprint density at radius 1 is 1.19 bits per heavy atom. The van der Waals surface area contributed by atoms with Crippen LogP contribution in [0.2, 0.25) is 0 Å². The van der Waals surface area contributed by atoms with Crippen molar-refractivity contribution in [2.75, 3.05) is 18.4 Å². The lowest BCUT2D eigenvalue weighted by molar-refractivity contribution is -0.135. The first-order chi connectivity index (χ1) is 10.1. The number of halogens is 2. The van der Waals surface area contributed by atoms with Crippen LogP contribution in [-0.2, 0) is 9.59 Å². The molecule has 1 N–H and O–H groups in total. The van der Waals surface area contributed by atoms with Crippen molar-refractivity contribution in [1.82, 2.24) is 4.90 Å². The second-order valence-electron chi connectivity index (χ2n) is 5.15. The van der Waals surface area contributed by atoms with Crippen LogP contribution in [0.4, 0.5) is 5.69 Å². The van der Waals surface area contributed by atoms with Gasteiger partial charge in [-0.15, -0.1) is 0 Å². The van der Waals surface area contributed by atoms with E-state index >= 15 is 0 Å². The number of amides is 2. The van der Waals surface area contributed by atoms with Crippen molar-refractivity contribution in [2.45, 2.75) is 32.1 Å². The minimum Gasteiger partial charge on any atom is -0.333 e. The van der Waals surface area contributed by atoms with Crippen molar-refractivity contribution in [3.05, 3.63) is 27.1 Å². The standard InChI is InChI=1S/C15H18Br2N2O2/c16-11-6-7-13(12(17)9-11)18-14(20)10-19-8-4-2-1-3-5-15(19)21/h6-7,9H,1-5,8,10H2,(H,18,20). The maximum atomic E-state index is 12.1. The van der Waals surface area contributed by atoms with Crippen LogP contribution in [0.15, 0.2) is 27.1 Å². The fraction of sp³-hybridized carbons (Fsp3) is 0.467. The molecule has 114 valence electrons. The number of likely N-dealkylation sites (tertiary alicyclic amines) is 1. The van der Waals surface area contributed by atoms with Gasteiger partial charge < -0.3 is 10.2 Å². The molecule has 2 amide bonds. The smallest absolute Gasteiger partial charge is 0.244 e. The molecular formula is C15H18Br2N2O2.